The molecule has 0 amide bonds. The molecule has 0 unspecified atom stereocenters. The maximum Gasteiger partial charge on any atom is 0.423 e. The van der Waals surface area contributed by atoms with Gasteiger partial charge >= 0.3 is 6.18 Å². The Bertz CT molecular complexity index is 1150. The molecule has 0 saturated heterocycles. The van der Waals surface area contributed by atoms with Crippen molar-refractivity contribution < 1.29 is 31.4 Å². The second kappa shape index (κ2) is 7.93. The number of benzene rings is 1. The van der Waals surface area contributed by atoms with E-state index in [-0.39, 0.29) is 29.5 Å². The van der Waals surface area contributed by atoms with E-state index in [2.05, 4.69) is 10.2 Å². The van der Waals surface area contributed by atoms with Crippen molar-refractivity contribution in [1.82, 2.24) is 14.6 Å². The number of hydrogen-bond acceptors (Lipinski definition) is 4. The summed E-state index contributed by atoms with van der Waals surface area (Å²) in [5, 5.41) is 7.53. The van der Waals surface area contributed by atoms with Crippen LogP contribution in [0.1, 0.15) is 55.0 Å². The average Bonchev–Trinajstić information content (AvgIpc) is 3.36. The van der Waals surface area contributed by atoms with Crippen LogP contribution >= 0.6 is 0 Å². The Morgan fingerprint density at radius 1 is 1.06 bits per heavy atom. The first kappa shape index (κ1) is 22.1. The van der Waals surface area contributed by atoms with Gasteiger partial charge in [-0.05, 0) is 55.9 Å². The lowest BCUT2D eigenvalue weighted by molar-refractivity contribution is -0.138. The Balaban J connectivity index is 1.39. The summed E-state index contributed by atoms with van der Waals surface area (Å²) in [6.07, 6.45) is -2.71. The number of ether oxygens (including phenoxy) is 2. The molecule has 0 aliphatic heterocycles. The summed E-state index contributed by atoms with van der Waals surface area (Å²) in [5.41, 5.74) is -1.21. The van der Waals surface area contributed by atoms with Crippen molar-refractivity contribution in [1.29, 1.82) is 0 Å². The van der Waals surface area contributed by atoms with Crippen LogP contribution in [0.5, 0.6) is 5.75 Å². The Kier molecular flexibility index (Phi) is 5.30. The van der Waals surface area contributed by atoms with Crippen LogP contribution in [0.25, 0.3) is 5.65 Å². The molecule has 2 heterocycles. The maximum absolute atomic E-state index is 14.0. The molecular formula is C23H22F5N3O2. The van der Waals surface area contributed by atoms with E-state index in [0.717, 1.165) is 5.56 Å². The fourth-order valence-electron chi connectivity index (χ4n) is 4.72. The predicted octanol–water partition coefficient (Wildman–Crippen LogP) is 5.58. The van der Waals surface area contributed by atoms with E-state index in [1.165, 1.54) is 28.8 Å². The zero-order valence-electron chi connectivity index (χ0n) is 17.8. The van der Waals surface area contributed by atoms with E-state index in [9.17, 15) is 22.0 Å². The van der Waals surface area contributed by atoms with Gasteiger partial charge in [0.2, 0.25) is 0 Å². The second-order valence-electron chi connectivity index (χ2n) is 8.69. The lowest BCUT2D eigenvalue weighted by atomic mass is 9.78. The minimum absolute atomic E-state index is 0.191. The SMILES string of the molecule is COC1(c2ccc(F)cc2)CCC(Oc2ccn3c([C@@H]4C[C@H]4F)nnc3c2C(F)(F)F)CC1. The number of pyridine rings is 1. The number of alkyl halides is 4. The van der Waals surface area contributed by atoms with Crippen LogP contribution in [-0.2, 0) is 16.5 Å². The van der Waals surface area contributed by atoms with E-state index in [0.29, 0.717) is 25.7 Å². The molecule has 2 aromatic heterocycles. The van der Waals surface area contributed by atoms with Crippen LogP contribution in [0, 0.1) is 5.82 Å². The zero-order chi connectivity index (χ0) is 23.4. The predicted molar refractivity (Wildman–Crippen MR) is 108 cm³/mol. The Hall–Kier alpha value is -2.75. The van der Waals surface area contributed by atoms with Gasteiger partial charge in [-0.1, -0.05) is 12.1 Å². The standard InChI is InChI=1S/C23H22F5N3O2/c1-32-22(13-2-4-14(24)5-3-13)9-6-15(7-10-22)33-18-8-11-31-20(16-12-17(16)25)29-30-21(31)19(18)23(26,27)28/h2-5,8,11,15-17H,6-7,9-10,12H2,1H3/t15?,16-,17-,22?/m1/s1. The van der Waals surface area contributed by atoms with Gasteiger partial charge in [0.1, 0.15) is 29.1 Å². The number of aromatic nitrogens is 3. The number of halogens is 5. The fourth-order valence-corrected chi connectivity index (χ4v) is 4.72. The molecule has 1 aromatic carbocycles. The zero-order valence-corrected chi connectivity index (χ0v) is 17.8. The lowest BCUT2D eigenvalue weighted by Crippen LogP contribution is -2.37. The Morgan fingerprint density at radius 2 is 1.73 bits per heavy atom. The van der Waals surface area contributed by atoms with Gasteiger partial charge in [-0.15, -0.1) is 10.2 Å². The van der Waals surface area contributed by atoms with Gasteiger partial charge in [0, 0.05) is 13.3 Å². The second-order valence-corrected chi connectivity index (χ2v) is 8.69. The van der Waals surface area contributed by atoms with Crippen LogP contribution in [0.2, 0.25) is 0 Å². The van der Waals surface area contributed by atoms with Crippen molar-refractivity contribution >= 4 is 5.65 Å². The van der Waals surface area contributed by atoms with Gasteiger partial charge in [0.25, 0.3) is 0 Å². The van der Waals surface area contributed by atoms with Gasteiger partial charge in [-0.2, -0.15) is 13.2 Å². The summed E-state index contributed by atoms with van der Waals surface area (Å²) in [6.45, 7) is 0. The minimum atomic E-state index is -4.72. The summed E-state index contributed by atoms with van der Waals surface area (Å²) in [7, 11) is 1.57. The van der Waals surface area contributed by atoms with Crippen molar-refractivity contribution in [2.75, 3.05) is 7.11 Å². The molecular weight excluding hydrogens is 445 g/mol. The monoisotopic (exact) mass is 467 g/mol. The van der Waals surface area contributed by atoms with Crippen LogP contribution in [0.15, 0.2) is 36.5 Å². The molecule has 0 N–H and O–H groups in total. The van der Waals surface area contributed by atoms with Crippen molar-refractivity contribution in [3.8, 4) is 5.75 Å². The number of nitrogens with zero attached hydrogens (tertiary/aromatic N) is 3. The number of fused-ring (bicyclic) bond motifs is 1. The Labute approximate surface area is 186 Å². The first-order valence-electron chi connectivity index (χ1n) is 10.8. The molecule has 33 heavy (non-hydrogen) atoms. The molecule has 5 nitrogen and oxygen atoms in total. The maximum atomic E-state index is 14.0. The summed E-state index contributed by atoms with van der Waals surface area (Å²) >= 11 is 0. The van der Waals surface area contributed by atoms with Crippen molar-refractivity contribution in [2.45, 2.75) is 62.1 Å². The van der Waals surface area contributed by atoms with E-state index in [4.69, 9.17) is 9.47 Å². The van der Waals surface area contributed by atoms with Gasteiger partial charge in [-0.3, -0.25) is 4.40 Å². The molecule has 0 spiro atoms. The highest BCUT2D eigenvalue weighted by Gasteiger charge is 2.45. The third-order valence-corrected chi connectivity index (χ3v) is 6.69. The van der Waals surface area contributed by atoms with Gasteiger partial charge in [-0.25, -0.2) is 8.78 Å². The van der Waals surface area contributed by atoms with Gasteiger partial charge < -0.3 is 9.47 Å². The molecule has 2 fully saturated rings. The van der Waals surface area contributed by atoms with Crippen LogP contribution in [0.4, 0.5) is 22.0 Å². The Morgan fingerprint density at radius 3 is 2.30 bits per heavy atom. The average molecular weight is 467 g/mol. The van der Waals surface area contributed by atoms with Crippen LogP contribution < -0.4 is 4.74 Å². The normalized spacial score (nSPS) is 27.6. The summed E-state index contributed by atoms with van der Waals surface area (Å²) in [6, 6.07) is 7.31. The van der Waals surface area contributed by atoms with Crippen molar-refractivity contribution in [3.63, 3.8) is 0 Å². The summed E-state index contributed by atoms with van der Waals surface area (Å²) < 4.78 is 81.5. The quantitative estimate of drug-likeness (QED) is 0.460. The summed E-state index contributed by atoms with van der Waals surface area (Å²) in [4.78, 5) is 0. The van der Waals surface area contributed by atoms with E-state index in [1.807, 2.05) is 0 Å². The van der Waals surface area contributed by atoms with E-state index in [1.54, 1.807) is 19.2 Å². The van der Waals surface area contributed by atoms with Crippen molar-refractivity contribution in [2.24, 2.45) is 0 Å². The first-order chi connectivity index (χ1) is 15.7. The van der Waals surface area contributed by atoms with Crippen LogP contribution in [-0.4, -0.2) is 34.0 Å². The largest absolute Gasteiger partial charge is 0.490 e. The third-order valence-electron chi connectivity index (χ3n) is 6.69. The number of methoxy groups -OCH3 is 1. The smallest absolute Gasteiger partial charge is 0.423 e. The highest BCUT2D eigenvalue weighted by molar-refractivity contribution is 5.57. The summed E-state index contributed by atoms with van der Waals surface area (Å²) in [5.74, 6) is -1.01. The molecule has 3 aromatic rings. The molecule has 5 rings (SSSR count). The van der Waals surface area contributed by atoms with Crippen molar-refractivity contribution in [3.05, 3.63) is 59.3 Å². The molecule has 0 bridgehead atoms. The van der Waals surface area contributed by atoms with Gasteiger partial charge in [0.05, 0.1) is 17.6 Å². The first-order valence-corrected chi connectivity index (χ1v) is 10.8. The molecule has 176 valence electrons. The molecule has 2 atom stereocenters. The highest BCUT2D eigenvalue weighted by atomic mass is 19.4. The lowest BCUT2D eigenvalue weighted by Gasteiger charge is -2.39. The third kappa shape index (κ3) is 3.94. The highest BCUT2D eigenvalue weighted by Crippen LogP contribution is 2.46. The fraction of sp³-hybridized carbons (Fsp3) is 0.478. The topological polar surface area (TPSA) is 48.7 Å². The molecule has 2 saturated carbocycles. The molecule has 0 radical (unpaired) electrons. The molecule has 10 heteroatoms. The number of hydrogen-bond donors (Lipinski definition) is 0. The van der Waals surface area contributed by atoms with E-state index < -0.39 is 35.5 Å². The molecule has 2 aliphatic rings. The number of rotatable bonds is 5. The van der Waals surface area contributed by atoms with Crippen LogP contribution in [0.3, 0.4) is 0 Å². The van der Waals surface area contributed by atoms with Gasteiger partial charge in [0.15, 0.2) is 5.65 Å². The van der Waals surface area contributed by atoms with E-state index >= 15 is 0 Å². The minimum Gasteiger partial charge on any atom is -0.490 e. The molecule has 2 aliphatic carbocycles.